The van der Waals surface area contributed by atoms with Crippen LogP contribution in [0.15, 0.2) is 42.5 Å². The van der Waals surface area contributed by atoms with E-state index >= 15 is 0 Å². The number of imide groups is 1. The van der Waals surface area contributed by atoms with Crippen molar-refractivity contribution in [2.24, 2.45) is 0 Å². The van der Waals surface area contributed by atoms with E-state index in [1.165, 1.54) is 18.2 Å². The molecule has 0 bridgehead atoms. The molecule has 1 saturated heterocycles. The fraction of sp³-hybridized carbons (Fsp3) is 0.158. The third kappa shape index (κ3) is 2.76. The van der Waals surface area contributed by atoms with Gasteiger partial charge in [-0.3, -0.25) is 9.69 Å². The lowest BCUT2D eigenvalue weighted by Gasteiger charge is -2.22. The smallest absolute Gasteiger partial charge is 0.319 e. The van der Waals surface area contributed by atoms with E-state index in [2.05, 4.69) is 5.32 Å². The van der Waals surface area contributed by atoms with Crippen LogP contribution in [0, 0.1) is 28.5 Å². The lowest BCUT2D eigenvalue weighted by atomic mass is 9.91. The molecule has 128 valence electrons. The highest BCUT2D eigenvalue weighted by atomic mass is 19.1. The van der Waals surface area contributed by atoms with E-state index in [1.54, 1.807) is 25.1 Å². The zero-order valence-electron chi connectivity index (χ0n) is 13.8. The molecule has 0 unspecified atom stereocenters. The van der Waals surface area contributed by atoms with Crippen LogP contribution in [0.2, 0.25) is 0 Å². The molecule has 7 heteroatoms. The van der Waals surface area contributed by atoms with E-state index in [-0.39, 0.29) is 17.7 Å². The van der Waals surface area contributed by atoms with Gasteiger partial charge in [0.2, 0.25) is 0 Å². The molecule has 0 aromatic heterocycles. The zero-order valence-corrected chi connectivity index (χ0v) is 13.8. The van der Waals surface area contributed by atoms with Crippen LogP contribution < -0.4 is 5.32 Å². The summed E-state index contributed by atoms with van der Waals surface area (Å²) in [6, 6.07) is 13.4. The van der Waals surface area contributed by atoms with E-state index in [9.17, 15) is 14.0 Å². The molecule has 1 N–H and O–H groups in total. The normalized spacial score (nSPS) is 19.0. The molecule has 1 aliphatic heterocycles. The van der Waals surface area contributed by atoms with Gasteiger partial charge in [-0.2, -0.15) is 10.5 Å². The molecular formula is C19H13FN4O2. The average Bonchev–Trinajstić information content (AvgIpc) is 2.87. The summed E-state index contributed by atoms with van der Waals surface area (Å²) < 4.78 is 14.1. The lowest BCUT2D eigenvalue weighted by Crippen LogP contribution is -2.40. The summed E-state index contributed by atoms with van der Waals surface area (Å²) in [6.07, 6.45) is 0. The van der Waals surface area contributed by atoms with Gasteiger partial charge < -0.3 is 5.32 Å². The molecule has 1 fully saturated rings. The van der Waals surface area contributed by atoms with Crippen molar-refractivity contribution in [3.63, 3.8) is 0 Å². The first-order valence-corrected chi connectivity index (χ1v) is 7.72. The molecule has 2 aromatic rings. The highest BCUT2D eigenvalue weighted by molar-refractivity contribution is 6.07. The summed E-state index contributed by atoms with van der Waals surface area (Å²) in [5.74, 6) is -1.20. The fourth-order valence-corrected chi connectivity index (χ4v) is 2.85. The number of nitrogens with one attached hydrogen (secondary N) is 1. The first-order chi connectivity index (χ1) is 12.4. The maximum atomic E-state index is 14.1. The zero-order chi connectivity index (χ0) is 18.9. The SMILES string of the molecule is C[C@@]1(c2cccc(C#N)c2)NC(=O)N(Cc2ccc(C#N)cc2F)C1=O. The summed E-state index contributed by atoms with van der Waals surface area (Å²) >= 11 is 0. The molecule has 0 radical (unpaired) electrons. The molecule has 3 rings (SSSR count). The van der Waals surface area contributed by atoms with Gasteiger partial charge in [0.1, 0.15) is 11.4 Å². The van der Waals surface area contributed by atoms with Gasteiger partial charge in [0.25, 0.3) is 5.91 Å². The standard InChI is InChI=1S/C19H13FN4O2/c1-19(15-4-2-3-12(7-15)9-21)17(25)24(18(26)23-19)11-14-6-5-13(10-22)8-16(14)20/h2-8H,11H2,1H3,(H,23,26)/t19-/m0/s1. The predicted molar refractivity (Wildman–Crippen MR) is 88.7 cm³/mol. The molecule has 26 heavy (non-hydrogen) atoms. The van der Waals surface area contributed by atoms with Crippen LogP contribution in [0.3, 0.4) is 0 Å². The molecule has 1 heterocycles. The lowest BCUT2D eigenvalue weighted by molar-refractivity contribution is -0.131. The van der Waals surface area contributed by atoms with Crippen LogP contribution in [0.4, 0.5) is 9.18 Å². The number of hydrogen-bond donors (Lipinski definition) is 1. The number of benzene rings is 2. The monoisotopic (exact) mass is 348 g/mol. The Bertz CT molecular complexity index is 1010. The van der Waals surface area contributed by atoms with Crippen LogP contribution in [0.1, 0.15) is 29.2 Å². The molecule has 2 aromatic carbocycles. The van der Waals surface area contributed by atoms with Gasteiger partial charge in [0.15, 0.2) is 0 Å². The third-order valence-corrected chi connectivity index (χ3v) is 4.35. The number of urea groups is 1. The highest BCUT2D eigenvalue weighted by Gasteiger charge is 2.49. The summed E-state index contributed by atoms with van der Waals surface area (Å²) in [5.41, 5.74) is -0.225. The van der Waals surface area contributed by atoms with Gasteiger partial charge in [-0.15, -0.1) is 0 Å². The number of nitriles is 2. The summed E-state index contributed by atoms with van der Waals surface area (Å²) in [6.45, 7) is 1.29. The van der Waals surface area contributed by atoms with Crippen molar-refractivity contribution in [1.29, 1.82) is 10.5 Å². The predicted octanol–water partition coefficient (Wildman–Crippen LogP) is 2.54. The maximum Gasteiger partial charge on any atom is 0.325 e. The Morgan fingerprint density at radius 3 is 2.46 bits per heavy atom. The Balaban J connectivity index is 1.92. The van der Waals surface area contributed by atoms with Gasteiger partial charge >= 0.3 is 6.03 Å². The van der Waals surface area contributed by atoms with E-state index in [0.717, 1.165) is 11.0 Å². The van der Waals surface area contributed by atoms with Crippen LogP contribution in [0.5, 0.6) is 0 Å². The first kappa shape index (κ1) is 17.1. The Labute approximate surface area is 149 Å². The quantitative estimate of drug-likeness (QED) is 0.862. The second kappa shape index (κ2) is 6.30. The molecule has 0 spiro atoms. The molecule has 0 aliphatic carbocycles. The summed E-state index contributed by atoms with van der Waals surface area (Å²) in [4.78, 5) is 26.1. The number of hydrogen-bond acceptors (Lipinski definition) is 4. The third-order valence-electron chi connectivity index (χ3n) is 4.35. The molecule has 0 saturated carbocycles. The Morgan fingerprint density at radius 1 is 1.12 bits per heavy atom. The maximum absolute atomic E-state index is 14.1. The summed E-state index contributed by atoms with van der Waals surface area (Å²) in [5, 5.41) is 20.4. The molecule has 6 nitrogen and oxygen atoms in total. The van der Waals surface area contributed by atoms with Crippen molar-refractivity contribution in [3.8, 4) is 12.1 Å². The second-order valence-electron chi connectivity index (χ2n) is 6.06. The number of nitrogens with zero attached hydrogens (tertiary/aromatic N) is 3. The van der Waals surface area contributed by atoms with Gasteiger partial charge in [-0.1, -0.05) is 18.2 Å². The molecular weight excluding hydrogens is 335 g/mol. The number of rotatable bonds is 3. The van der Waals surface area contributed by atoms with Crippen molar-refractivity contribution in [2.45, 2.75) is 19.0 Å². The van der Waals surface area contributed by atoms with Crippen molar-refractivity contribution in [3.05, 3.63) is 70.5 Å². The van der Waals surface area contributed by atoms with Crippen LogP contribution in [-0.4, -0.2) is 16.8 Å². The Kier molecular flexibility index (Phi) is 4.15. The fourth-order valence-electron chi connectivity index (χ4n) is 2.85. The number of halogens is 1. The van der Waals surface area contributed by atoms with Crippen molar-refractivity contribution < 1.29 is 14.0 Å². The van der Waals surface area contributed by atoms with Gasteiger partial charge in [-0.05, 0) is 36.8 Å². The van der Waals surface area contributed by atoms with Crippen LogP contribution in [-0.2, 0) is 16.9 Å². The molecule has 1 aliphatic rings. The van der Waals surface area contributed by atoms with Gasteiger partial charge in [0, 0.05) is 5.56 Å². The second-order valence-corrected chi connectivity index (χ2v) is 6.06. The van der Waals surface area contributed by atoms with Crippen molar-refractivity contribution >= 4 is 11.9 Å². The van der Waals surface area contributed by atoms with Gasteiger partial charge in [-0.25, -0.2) is 9.18 Å². The Morgan fingerprint density at radius 2 is 1.81 bits per heavy atom. The largest absolute Gasteiger partial charge is 0.325 e. The highest BCUT2D eigenvalue weighted by Crippen LogP contribution is 2.30. The minimum absolute atomic E-state index is 0.127. The minimum Gasteiger partial charge on any atom is -0.319 e. The average molecular weight is 348 g/mol. The van der Waals surface area contributed by atoms with Crippen LogP contribution in [0.25, 0.3) is 0 Å². The Hall–Kier alpha value is -3.71. The van der Waals surface area contributed by atoms with Gasteiger partial charge in [0.05, 0.1) is 29.8 Å². The number of amides is 3. The van der Waals surface area contributed by atoms with E-state index in [4.69, 9.17) is 10.5 Å². The van der Waals surface area contributed by atoms with Crippen molar-refractivity contribution in [1.82, 2.24) is 10.2 Å². The van der Waals surface area contributed by atoms with E-state index in [0.29, 0.717) is 11.1 Å². The number of carbonyl (C=O) groups is 2. The number of carbonyl (C=O) groups excluding carboxylic acids is 2. The summed E-state index contributed by atoms with van der Waals surface area (Å²) in [7, 11) is 0. The molecule has 1 atom stereocenters. The topological polar surface area (TPSA) is 97.0 Å². The minimum atomic E-state index is -1.34. The van der Waals surface area contributed by atoms with Crippen LogP contribution >= 0.6 is 0 Å². The molecule has 3 amide bonds. The first-order valence-electron chi connectivity index (χ1n) is 7.72. The van der Waals surface area contributed by atoms with Crippen molar-refractivity contribution in [2.75, 3.05) is 0 Å². The van der Waals surface area contributed by atoms with E-state index in [1.807, 2.05) is 12.1 Å². The van der Waals surface area contributed by atoms with E-state index < -0.39 is 23.3 Å².